The highest BCUT2D eigenvalue weighted by Crippen LogP contribution is 2.28. The summed E-state index contributed by atoms with van der Waals surface area (Å²) < 4.78 is 2.74. The van der Waals surface area contributed by atoms with Gasteiger partial charge in [0.25, 0.3) is 0 Å². The third-order valence-electron chi connectivity index (χ3n) is 4.29. The van der Waals surface area contributed by atoms with Gasteiger partial charge in [-0.3, -0.25) is 4.79 Å². The highest BCUT2D eigenvalue weighted by molar-refractivity contribution is 7.71. The molecule has 3 nitrogen and oxygen atoms in total. The Balaban J connectivity index is 1.78. The van der Waals surface area contributed by atoms with E-state index in [0.29, 0.717) is 10.3 Å². The Kier molecular flexibility index (Phi) is 3.47. The van der Waals surface area contributed by atoms with Crippen LogP contribution in [-0.4, -0.2) is 9.55 Å². The van der Waals surface area contributed by atoms with Gasteiger partial charge < -0.3 is 9.55 Å². The van der Waals surface area contributed by atoms with Gasteiger partial charge in [0, 0.05) is 17.0 Å². The highest BCUT2D eigenvalue weighted by atomic mass is 32.1. The molecule has 0 radical (unpaired) electrons. The SMILES string of the molecule is O=c1c2c(sc3c1[nH]c(=S)n3CCc1ccccc1)CCC2. The first-order valence-electron chi connectivity index (χ1n) is 7.55. The third-order valence-corrected chi connectivity index (χ3v) is 5.93. The number of aromatic nitrogens is 2. The largest absolute Gasteiger partial charge is 0.327 e. The highest BCUT2D eigenvalue weighted by Gasteiger charge is 2.20. The van der Waals surface area contributed by atoms with E-state index in [1.165, 1.54) is 10.4 Å². The van der Waals surface area contributed by atoms with E-state index in [4.69, 9.17) is 12.2 Å². The molecule has 1 aliphatic rings. The molecule has 3 aromatic rings. The maximum Gasteiger partial charge on any atom is 0.209 e. The number of nitrogens with zero attached hydrogens (tertiary/aromatic N) is 1. The molecule has 0 spiro atoms. The second-order valence-electron chi connectivity index (χ2n) is 5.68. The number of nitrogens with one attached hydrogen (secondary N) is 1. The van der Waals surface area contributed by atoms with Gasteiger partial charge in [0.1, 0.15) is 10.3 Å². The van der Waals surface area contributed by atoms with Crippen LogP contribution in [-0.2, 0) is 25.8 Å². The van der Waals surface area contributed by atoms with Crippen LogP contribution < -0.4 is 5.43 Å². The van der Waals surface area contributed by atoms with Crippen molar-refractivity contribution in [3.05, 3.63) is 61.3 Å². The summed E-state index contributed by atoms with van der Waals surface area (Å²) in [7, 11) is 0. The molecular formula is C17H16N2OS2. The topological polar surface area (TPSA) is 37.8 Å². The minimum absolute atomic E-state index is 0.158. The number of H-pyrrole nitrogens is 1. The monoisotopic (exact) mass is 328 g/mol. The van der Waals surface area contributed by atoms with Crippen molar-refractivity contribution in [1.82, 2.24) is 9.55 Å². The van der Waals surface area contributed by atoms with Crippen LogP contribution in [0.25, 0.3) is 10.3 Å². The van der Waals surface area contributed by atoms with Gasteiger partial charge in [-0.05, 0) is 43.5 Å². The fraction of sp³-hybridized carbons (Fsp3) is 0.294. The van der Waals surface area contributed by atoms with Crippen molar-refractivity contribution in [2.45, 2.75) is 32.2 Å². The predicted molar refractivity (Wildman–Crippen MR) is 93.4 cm³/mol. The van der Waals surface area contributed by atoms with Gasteiger partial charge in [-0.25, -0.2) is 0 Å². The van der Waals surface area contributed by atoms with Crippen LogP contribution in [0, 0.1) is 4.77 Å². The van der Waals surface area contributed by atoms with Crippen LogP contribution in [0.5, 0.6) is 0 Å². The summed E-state index contributed by atoms with van der Waals surface area (Å²) in [5.74, 6) is 0. The molecule has 112 valence electrons. The van der Waals surface area contributed by atoms with Gasteiger partial charge in [-0.15, -0.1) is 11.3 Å². The zero-order valence-electron chi connectivity index (χ0n) is 12.1. The van der Waals surface area contributed by atoms with Crippen molar-refractivity contribution in [3.8, 4) is 0 Å². The Morgan fingerprint density at radius 3 is 2.86 bits per heavy atom. The average molecular weight is 328 g/mol. The molecule has 0 atom stereocenters. The molecule has 4 rings (SSSR count). The molecule has 1 aliphatic carbocycles. The Bertz CT molecular complexity index is 950. The number of hydrogen-bond acceptors (Lipinski definition) is 3. The quantitative estimate of drug-likeness (QED) is 0.742. The molecule has 1 aromatic carbocycles. The van der Waals surface area contributed by atoms with Crippen LogP contribution in [0.1, 0.15) is 22.4 Å². The van der Waals surface area contributed by atoms with Gasteiger partial charge in [0.2, 0.25) is 5.43 Å². The minimum Gasteiger partial charge on any atom is -0.327 e. The molecule has 2 aromatic heterocycles. The van der Waals surface area contributed by atoms with Gasteiger partial charge >= 0.3 is 0 Å². The van der Waals surface area contributed by atoms with Crippen LogP contribution in [0.4, 0.5) is 0 Å². The van der Waals surface area contributed by atoms with Gasteiger partial charge in [-0.2, -0.15) is 0 Å². The van der Waals surface area contributed by atoms with Gasteiger partial charge in [0.05, 0.1) is 0 Å². The lowest BCUT2D eigenvalue weighted by atomic mass is 10.1. The smallest absolute Gasteiger partial charge is 0.209 e. The molecule has 5 heteroatoms. The summed E-state index contributed by atoms with van der Waals surface area (Å²) in [5, 5.41) is 0. The number of hydrogen-bond donors (Lipinski definition) is 1. The number of fused-ring (bicyclic) bond motifs is 2. The van der Waals surface area contributed by atoms with Crippen LogP contribution in [0.3, 0.4) is 0 Å². The van der Waals surface area contributed by atoms with E-state index >= 15 is 0 Å². The minimum atomic E-state index is 0.158. The summed E-state index contributed by atoms with van der Waals surface area (Å²) in [6, 6.07) is 10.4. The molecular weight excluding hydrogens is 312 g/mol. The number of rotatable bonds is 3. The number of imidazole rings is 1. The molecule has 0 aliphatic heterocycles. The van der Waals surface area contributed by atoms with Crippen molar-refractivity contribution in [1.29, 1.82) is 0 Å². The molecule has 0 fully saturated rings. The summed E-state index contributed by atoms with van der Waals surface area (Å²) >= 11 is 7.18. The first-order chi connectivity index (χ1) is 10.7. The molecule has 2 heterocycles. The third kappa shape index (κ3) is 2.25. The van der Waals surface area contributed by atoms with Crippen molar-refractivity contribution in [2.75, 3.05) is 0 Å². The Morgan fingerprint density at radius 1 is 1.23 bits per heavy atom. The maximum absolute atomic E-state index is 12.6. The molecule has 0 amide bonds. The van der Waals surface area contributed by atoms with Crippen molar-refractivity contribution in [2.24, 2.45) is 0 Å². The second kappa shape index (κ2) is 5.48. The van der Waals surface area contributed by atoms with Gasteiger partial charge in [0.15, 0.2) is 4.77 Å². The Labute approximate surface area is 137 Å². The van der Waals surface area contributed by atoms with Crippen molar-refractivity contribution >= 4 is 33.9 Å². The van der Waals surface area contributed by atoms with E-state index in [1.54, 1.807) is 11.3 Å². The fourth-order valence-electron chi connectivity index (χ4n) is 3.14. The Morgan fingerprint density at radius 2 is 2.05 bits per heavy atom. The lowest BCUT2D eigenvalue weighted by Crippen LogP contribution is -2.08. The Hall–Kier alpha value is -1.72. The lowest BCUT2D eigenvalue weighted by molar-refractivity contribution is 0.710. The predicted octanol–water partition coefficient (Wildman–Crippen LogP) is 3.85. The molecule has 0 saturated heterocycles. The second-order valence-corrected chi connectivity index (χ2v) is 7.15. The van der Waals surface area contributed by atoms with E-state index in [0.717, 1.165) is 42.6 Å². The maximum atomic E-state index is 12.6. The van der Waals surface area contributed by atoms with E-state index in [9.17, 15) is 4.79 Å². The lowest BCUT2D eigenvalue weighted by Gasteiger charge is -2.05. The fourth-order valence-corrected chi connectivity index (χ4v) is 4.82. The summed E-state index contributed by atoms with van der Waals surface area (Å²) in [6.07, 6.45) is 3.96. The van der Waals surface area contributed by atoms with E-state index < -0.39 is 0 Å². The number of aromatic amines is 1. The van der Waals surface area contributed by atoms with Crippen LogP contribution in [0.2, 0.25) is 0 Å². The standard InChI is InChI=1S/C17H16N2OS2/c20-15-12-7-4-8-13(12)22-16-14(15)18-17(21)19(16)10-9-11-5-2-1-3-6-11/h1-3,5-6H,4,7-10H2,(H,18,21). The first-order valence-corrected chi connectivity index (χ1v) is 8.78. The first kappa shape index (κ1) is 13.9. The zero-order valence-corrected chi connectivity index (χ0v) is 13.7. The zero-order chi connectivity index (χ0) is 15.1. The average Bonchev–Trinajstić information content (AvgIpc) is 3.12. The summed E-state index contributed by atoms with van der Waals surface area (Å²) in [6.45, 7) is 0.803. The van der Waals surface area contributed by atoms with Crippen LogP contribution in [0.15, 0.2) is 35.1 Å². The summed E-state index contributed by atoms with van der Waals surface area (Å²) in [5.41, 5.74) is 3.14. The van der Waals surface area contributed by atoms with Crippen molar-refractivity contribution < 1.29 is 0 Å². The normalized spacial score (nSPS) is 13.6. The molecule has 0 saturated carbocycles. The number of benzene rings is 1. The molecule has 0 bridgehead atoms. The van der Waals surface area contributed by atoms with Gasteiger partial charge in [-0.1, -0.05) is 30.3 Å². The molecule has 1 N–H and O–H groups in total. The molecule has 0 unspecified atom stereocenters. The van der Waals surface area contributed by atoms with E-state index in [-0.39, 0.29) is 5.43 Å². The summed E-state index contributed by atoms with van der Waals surface area (Å²) in [4.78, 5) is 18.0. The molecule has 22 heavy (non-hydrogen) atoms. The van der Waals surface area contributed by atoms with E-state index in [1.807, 2.05) is 6.07 Å². The van der Waals surface area contributed by atoms with Crippen LogP contribution >= 0.6 is 23.6 Å². The van der Waals surface area contributed by atoms with Crippen molar-refractivity contribution in [3.63, 3.8) is 0 Å². The van der Waals surface area contributed by atoms with E-state index in [2.05, 4.69) is 33.8 Å². The number of aryl methyl sites for hydroxylation is 3.